The number of hydrogen-bond acceptors (Lipinski definition) is 3. The fourth-order valence-corrected chi connectivity index (χ4v) is 1.17. The summed E-state index contributed by atoms with van der Waals surface area (Å²) in [6.07, 6.45) is 0.475. The molecule has 1 rings (SSSR count). The Morgan fingerprint density at radius 2 is 2.00 bits per heavy atom. The van der Waals surface area contributed by atoms with Gasteiger partial charge in [-0.05, 0) is 6.42 Å². The standard InChI is InChI=1S/C8H11O3/c1-2-3-5(9)8-6(10)4-7(8)11/h5,9H,2-4H2,1H3. The Kier molecular flexibility index (Phi) is 2.39. The van der Waals surface area contributed by atoms with E-state index in [1.54, 1.807) is 0 Å². The van der Waals surface area contributed by atoms with Gasteiger partial charge in [-0.2, -0.15) is 0 Å². The zero-order valence-corrected chi connectivity index (χ0v) is 6.46. The van der Waals surface area contributed by atoms with Crippen LogP contribution in [0, 0.1) is 5.92 Å². The molecule has 0 aliphatic heterocycles. The molecule has 0 aromatic carbocycles. The quantitative estimate of drug-likeness (QED) is 0.595. The van der Waals surface area contributed by atoms with Crippen LogP contribution in [0.4, 0.5) is 0 Å². The predicted molar refractivity (Wildman–Crippen MR) is 38.8 cm³/mol. The van der Waals surface area contributed by atoms with E-state index in [4.69, 9.17) is 0 Å². The summed E-state index contributed by atoms with van der Waals surface area (Å²) in [6, 6.07) is 0. The molecule has 0 saturated heterocycles. The number of ketones is 2. The molecular weight excluding hydrogens is 144 g/mol. The van der Waals surface area contributed by atoms with E-state index in [0.29, 0.717) is 6.42 Å². The summed E-state index contributed by atoms with van der Waals surface area (Å²) in [5, 5.41) is 9.23. The van der Waals surface area contributed by atoms with E-state index >= 15 is 0 Å². The Bertz CT molecular complexity index is 172. The maximum atomic E-state index is 10.7. The lowest BCUT2D eigenvalue weighted by Crippen LogP contribution is -2.43. The highest BCUT2D eigenvalue weighted by Crippen LogP contribution is 2.26. The normalized spacial score (nSPS) is 21.6. The van der Waals surface area contributed by atoms with Gasteiger partial charge >= 0.3 is 0 Å². The lowest BCUT2D eigenvalue weighted by Gasteiger charge is -2.25. The highest BCUT2D eigenvalue weighted by molar-refractivity contribution is 6.33. The van der Waals surface area contributed by atoms with Gasteiger partial charge in [0.05, 0.1) is 12.5 Å². The summed E-state index contributed by atoms with van der Waals surface area (Å²) < 4.78 is 0. The van der Waals surface area contributed by atoms with Crippen LogP contribution in [0.1, 0.15) is 26.2 Å². The minimum Gasteiger partial charge on any atom is -0.392 e. The molecule has 1 radical (unpaired) electrons. The van der Waals surface area contributed by atoms with Crippen LogP contribution in [-0.2, 0) is 9.59 Å². The van der Waals surface area contributed by atoms with Crippen molar-refractivity contribution in [3.8, 4) is 0 Å². The molecule has 0 amide bonds. The molecule has 1 unspecified atom stereocenters. The van der Waals surface area contributed by atoms with Crippen molar-refractivity contribution in [3.05, 3.63) is 5.92 Å². The SMILES string of the molecule is CCCC(O)[C]1C(=O)CC1=O. The van der Waals surface area contributed by atoms with Crippen molar-refractivity contribution in [2.24, 2.45) is 0 Å². The second-order valence-corrected chi connectivity index (χ2v) is 2.74. The summed E-state index contributed by atoms with van der Waals surface area (Å²) in [5.74, 6) is -0.251. The predicted octanol–water partition coefficient (Wildman–Crippen LogP) is 0.264. The number of aliphatic hydroxyl groups is 1. The van der Waals surface area contributed by atoms with Gasteiger partial charge < -0.3 is 5.11 Å². The van der Waals surface area contributed by atoms with Crippen LogP contribution in [0.25, 0.3) is 0 Å². The molecule has 3 heteroatoms. The number of Topliss-reactive ketones (excluding diaryl/α,β-unsaturated/α-hetero) is 2. The lowest BCUT2D eigenvalue weighted by molar-refractivity contribution is -0.136. The van der Waals surface area contributed by atoms with E-state index in [1.807, 2.05) is 6.92 Å². The summed E-state index contributed by atoms with van der Waals surface area (Å²) in [7, 11) is 0. The average Bonchev–Trinajstić information content (AvgIpc) is 1.87. The molecule has 1 N–H and O–H groups in total. The largest absolute Gasteiger partial charge is 0.392 e. The maximum Gasteiger partial charge on any atom is 0.158 e. The third kappa shape index (κ3) is 1.48. The van der Waals surface area contributed by atoms with Crippen molar-refractivity contribution < 1.29 is 14.7 Å². The number of aliphatic hydroxyl groups excluding tert-OH is 1. The van der Waals surface area contributed by atoms with E-state index in [0.717, 1.165) is 6.42 Å². The first kappa shape index (κ1) is 8.40. The molecule has 1 fully saturated rings. The Morgan fingerprint density at radius 3 is 2.36 bits per heavy atom. The van der Waals surface area contributed by atoms with Gasteiger partial charge in [-0.3, -0.25) is 9.59 Å². The first-order chi connectivity index (χ1) is 5.16. The van der Waals surface area contributed by atoms with Crippen LogP contribution >= 0.6 is 0 Å². The van der Waals surface area contributed by atoms with E-state index in [1.165, 1.54) is 0 Å². The molecular formula is C8H11O3. The Hall–Kier alpha value is -0.700. The van der Waals surface area contributed by atoms with Crippen LogP contribution < -0.4 is 0 Å². The highest BCUT2D eigenvalue weighted by atomic mass is 16.3. The molecule has 0 aromatic heterocycles. The Balaban J connectivity index is 2.46. The zero-order chi connectivity index (χ0) is 8.43. The van der Waals surface area contributed by atoms with Crippen LogP contribution in [0.15, 0.2) is 0 Å². The molecule has 1 saturated carbocycles. The fourth-order valence-electron chi connectivity index (χ4n) is 1.17. The van der Waals surface area contributed by atoms with Gasteiger partial charge in [0.25, 0.3) is 0 Å². The van der Waals surface area contributed by atoms with Gasteiger partial charge in [-0.15, -0.1) is 0 Å². The molecule has 0 heterocycles. The second-order valence-electron chi connectivity index (χ2n) is 2.74. The minimum absolute atomic E-state index is 0.00386. The third-order valence-electron chi connectivity index (χ3n) is 1.82. The van der Waals surface area contributed by atoms with Gasteiger partial charge in [-0.25, -0.2) is 0 Å². The van der Waals surface area contributed by atoms with Crippen molar-refractivity contribution >= 4 is 11.6 Å². The van der Waals surface area contributed by atoms with Gasteiger partial charge in [0.1, 0.15) is 5.92 Å². The van der Waals surface area contributed by atoms with E-state index in [9.17, 15) is 14.7 Å². The van der Waals surface area contributed by atoms with Crippen molar-refractivity contribution in [1.29, 1.82) is 0 Å². The molecule has 1 aliphatic carbocycles. The smallest absolute Gasteiger partial charge is 0.158 e. The van der Waals surface area contributed by atoms with E-state index in [-0.39, 0.29) is 23.9 Å². The first-order valence-corrected chi connectivity index (χ1v) is 3.78. The fraction of sp³-hybridized carbons (Fsp3) is 0.625. The molecule has 0 bridgehead atoms. The number of hydrogen-bond donors (Lipinski definition) is 1. The van der Waals surface area contributed by atoms with Crippen LogP contribution in [-0.4, -0.2) is 22.8 Å². The number of carbonyl (C=O) groups is 2. The second kappa shape index (κ2) is 3.13. The summed E-state index contributed by atoms with van der Waals surface area (Å²) in [6.45, 7) is 1.90. The summed E-state index contributed by atoms with van der Waals surface area (Å²) >= 11 is 0. The van der Waals surface area contributed by atoms with Crippen LogP contribution in [0.5, 0.6) is 0 Å². The Labute approximate surface area is 65.4 Å². The molecule has 1 atom stereocenters. The summed E-state index contributed by atoms with van der Waals surface area (Å²) in [5.41, 5.74) is 0. The van der Waals surface area contributed by atoms with Crippen molar-refractivity contribution in [3.63, 3.8) is 0 Å². The van der Waals surface area contributed by atoms with Gasteiger partial charge in [0, 0.05) is 0 Å². The molecule has 11 heavy (non-hydrogen) atoms. The highest BCUT2D eigenvalue weighted by Gasteiger charge is 2.43. The van der Waals surface area contributed by atoms with Gasteiger partial charge in [0.15, 0.2) is 11.6 Å². The average molecular weight is 155 g/mol. The van der Waals surface area contributed by atoms with Crippen molar-refractivity contribution in [2.45, 2.75) is 32.3 Å². The third-order valence-corrected chi connectivity index (χ3v) is 1.82. The van der Waals surface area contributed by atoms with Crippen molar-refractivity contribution in [1.82, 2.24) is 0 Å². The first-order valence-electron chi connectivity index (χ1n) is 3.78. The topological polar surface area (TPSA) is 54.4 Å². The number of rotatable bonds is 3. The molecule has 61 valence electrons. The summed E-state index contributed by atoms with van der Waals surface area (Å²) in [4.78, 5) is 21.5. The zero-order valence-electron chi connectivity index (χ0n) is 6.46. The Morgan fingerprint density at radius 1 is 1.45 bits per heavy atom. The van der Waals surface area contributed by atoms with Gasteiger partial charge in [0.2, 0.25) is 0 Å². The number of carbonyl (C=O) groups excluding carboxylic acids is 2. The van der Waals surface area contributed by atoms with Crippen LogP contribution in [0.3, 0.4) is 0 Å². The van der Waals surface area contributed by atoms with Crippen molar-refractivity contribution in [2.75, 3.05) is 0 Å². The van der Waals surface area contributed by atoms with Gasteiger partial charge in [-0.1, -0.05) is 13.3 Å². The van der Waals surface area contributed by atoms with E-state index in [2.05, 4.69) is 0 Å². The molecule has 0 spiro atoms. The minimum atomic E-state index is -0.811. The molecule has 0 aromatic rings. The molecule has 3 nitrogen and oxygen atoms in total. The van der Waals surface area contributed by atoms with E-state index < -0.39 is 6.10 Å². The lowest BCUT2D eigenvalue weighted by atomic mass is 9.77. The molecule has 1 aliphatic rings. The monoisotopic (exact) mass is 155 g/mol. The van der Waals surface area contributed by atoms with Crippen LogP contribution in [0.2, 0.25) is 0 Å². The maximum absolute atomic E-state index is 10.7.